The van der Waals surface area contributed by atoms with Crippen molar-refractivity contribution in [3.05, 3.63) is 23.0 Å². The summed E-state index contributed by atoms with van der Waals surface area (Å²) in [5, 5.41) is 0. The monoisotopic (exact) mass is 239 g/mol. The molecule has 1 aliphatic carbocycles. The van der Waals surface area contributed by atoms with Gasteiger partial charge in [0.25, 0.3) is 0 Å². The summed E-state index contributed by atoms with van der Waals surface area (Å²) < 4.78 is 24.5. The second kappa shape index (κ2) is 4.92. The topological polar surface area (TPSA) is 44.5 Å². The Bertz CT molecular complexity index is 420. The van der Waals surface area contributed by atoms with Gasteiger partial charge in [0, 0.05) is 17.7 Å². The fourth-order valence-corrected chi connectivity index (χ4v) is 2.48. The highest BCUT2D eigenvalue weighted by Crippen LogP contribution is 2.41. The second-order valence-corrected chi connectivity index (χ2v) is 4.34. The van der Waals surface area contributed by atoms with Gasteiger partial charge in [-0.25, -0.2) is 4.39 Å². The molecule has 0 aromatic heterocycles. The van der Waals surface area contributed by atoms with Crippen LogP contribution in [0.15, 0.2) is 6.07 Å². The average Bonchev–Trinajstić information content (AvgIpc) is 2.52. The van der Waals surface area contributed by atoms with E-state index >= 15 is 0 Å². The molecule has 4 heteroatoms. The smallest absolute Gasteiger partial charge is 0.165 e. The summed E-state index contributed by atoms with van der Waals surface area (Å²) in [6, 6.07) is 1.21. The standard InChI is InChI=1S/C13H18FNO2/c1-16-11-7-9(14)8-5-3-4-6-10(15)12(8)13(11)17-2/h7,10H,3-6,15H2,1-2H3/t10-/m1/s1. The highest BCUT2D eigenvalue weighted by atomic mass is 19.1. The fourth-order valence-electron chi connectivity index (χ4n) is 2.48. The van der Waals surface area contributed by atoms with E-state index in [2.05, 4.69) is 0 Å². The van der Waals surface area contributed by atoms with E-state index in [9.17, 15) is 4.39 Å². The first-order valence-corrected chi connectivity index (χ1v) is 5.87. The molecule has 2 rings (SSSR count). The van der Waals surface area contributed by atoms with Gasteiger partial charge in [-0.15, -0.1) is 0 Å². The summed E-state index contributed by atoms with van der Waals surface area (Å²) >= 11 is 0. The Morgan fingerprint density at radius 1 is 1.29 bits per heavy atom. The van der Waals surface area contributed by atoms with Crippen molar-refractivity contribution in [3.8, 4) is 11.5 Å². The Morgan fingerprint density at radius 2 is 2.06 bits per heavy atom. The van der Waals surface area contributed by atoms with Gasteiger partial charge in [-0.2, -0.15) is 0 Å². The quantitative estimate of drug-likeness (QED) is 0.807. The minimum Gasteiger partial charge on any atom is -0.493 e. The zero-order valence-corrected chi connectivity index (χ0v) is 10.3. The summed E-state index contributed by atoms with van der Waals surface area (Å²) in [6.45, 7) is 0. The van der Waals surface area contributed by atoms with Gasteiger partial charge in [-0.1, -0.05) is 6.42 Å². The van der Waals surface area contributed by atoms with Crippen molar-refractivity contribution in [2.24, 2.45) is 5.73 Å². The van der Waals surface area contributed by atoms with Crippen LogP contribution in [0.4, 0.5) is 4.39 Å². The molecule has 0 saturated heterocycles. The van der Waals surface area contributed by atoms with Gasteiger partial charge in [-0.05, 0) is 24.8 Å². The molecule has 1 aromatic rings. The summed E-state index contributed by atoms with van der Waals surface area (Å²) in [5.74, 6) is 0.759. The van der Waals surface area contributed by atoms with Gasteiger partial charge < -0.3 is 15.2 Å². The van der Waals surface area contributed by atoms with Crippen LogP contribution in [-0.2, 0) is 6.42 Å². The second-order valence-electron chi connectivity index (χ2n) is 4.34. The molecule has 1 aromatic carbocycles. The maximum Gasteiger partial charge on any atom is 0.165 e. The number of fused-ring (bicyclic) bond motifs is 1. The van der Waals surface area contributed by atoms with Crippen molar-refractivity contribution in [2.45, 2.75) is 31.7 Å². The van der Waals surface area contributed by atoms with E-state index in [0.717, 1.165) is 31.2 Å². The lowest BCUT2D eigenvalue weighted by molar-refractivity contribution is 0.345. The number of hydrogen-bond acceptors (Lipinski definition) is 3. The summed E-state index contributed by atoms with van der Waals surface area (Å²) in [7, 11) is 3.07. The summed E-state index contributed by atoms with van der Waals surface area (Å²) in [5.41, 5.74) is 7.58. The Balaban J connectivity index is 2.64. The van der Waals surface area contributed by atoms with Crippen molar-refractivity contribution >= 4 is 0 Å². The summed E-state index contributed by atoms with van der Waals surface area (Å²) in [4.78, 5) is 0. The molecule has 1 atom stereocenters. The third-order valence-electron chi connectivity index (χ3n) is 3.33. The largest absolute Gasteiger partial charge is 0.493 e. The molecular weight excluding hydrogens is 221 g/mol. The van der Waals surface area contributed by atoms with Gasteiger partial charge in [0.1, 0.15) is 5.82 Å². The van der Waals surface area contributed by atoms with Gasteiger partial charge in [0.05, 0.1) is 14.2 Å². The molecule has 94 valence electrons. The molecule has 1 aliphatic rings. The van der Waals surface area contributed by atoms with Crippen molar-refractivity contribution in [2.75, 3.05) is 14.2 Å². The van der Waals surface area contributed by atoms with Gasteiger partial charge in [0.15, 0.2) is 11.5 Å². The van der Waals surface area contributed by atoms with Crippen LogP contribution in [0.1, 0.15) is 36.4 Å². The number of hydrogen-bond donors (Lipinski definition) is 1. The maximum absolute atomic E-state index is 14.0. The van der Waals surface area contributed by atoms with Crippen LogP contribution < -0.4 is 15.2 Å². The number of nitrogens with two attached hydrogens (primary N) is 1. The highest BCUT2D eigenvalue weighted by molar-refractivity contribution is 5.53. The molecule has 0 radical (unpaired) electrons. The van der Waals surface area contributed by atoms with E-state index < -0.39 is 0 Å². The number of halogens is 1. The van der Waals surface area contributed by atoms with E-state index in [1.165, 1.54) is 13.2 Å². The Hall–Kier alpha value is -1.29. The Labute approximate surface area is 101 Å². The third kappa shape index (κ3) is 2.09. The van der Waals surface area contributed by atoms with E-state index in [4.69, 9.17) is 15.2 Å². The Morgan fingerprint density at radius 3 is 2.71 bits per heavy atom. The molecule has 2 N–H and O–H groups in total. The minimum absolute atomic E-state index is 0.174. The lowest BCUT2D eigenvalue weighted by Crippen LogP contribution is -2.14. The molecule has 0 saturated carbocycles. The first kappa shape index (κ1) is 12.2. The van der Waals surface area contributed by atoms with Gasteiger partial charge in [-0.3, -0.25) is 0 Å². The first-order chi connectivity index (χ1) is 8.19. The maximum atomic E-state index is 14.0. The van der Waals surface area contributed by atoms with E-state index in [1.54, 1.807) is 7.11 Å². The van der Waals surface area contributed by atoms with Crippen molar-refractivity contribution in [1.29, 1.82) is 0 Å². The zero-order valence-electron chi connectivity index (χ0n) is 10.3. The van der Waals surface area contributed by atoms with Crippen LogP contribution in [0, 0.1) is 5.82 Å². The Kier molecular flexibility index (Phi) is 3.52. The molecule has 17 heavy (non-hydrogen) atoms. The van der Waals surface area contributed by atoms with Gasteiger partial charge >= 0.3 is 0 Å². The number of methoxy groups -OCH3 is 2. The molecule has 0 heterocycles. The molecule has 0 spiro atoms. The molecule has 0 aliphatic heterocycles. The van der Waals surface area contributed by atoms with E-state index in [-0.39, 0.29) is 11.9 Å². The molecular formula is C13H18FNO2. The third-order valence-corrected chi connectivity index (χ3v) is 3.33. The van der Waals surface area contributed by atoms with Crippen molar-refractivity contribution in [3.63, 3.8) is 0 Å². The highest BCUT2D eigenvalue weighted by Gasteiger charge is 2.25. The van der Waals surface area contributed by atoms with Crippen molar-refractivity contribution in [1.82, 2.24) is 0 Å². The van der Waals surface area contributed by atoms with E-state index in [0.29, 0.717) is 17.1 Å². The number of benzene rings is 1. The molecule has 3 nitrogen and oxygen atoms in total. The predicted molar refractivity (Wildman–Crippen MR) is 64.0 cm³/mol. The lowest BCUT2D eigenvalue weighted by atomic mass is 9.97. The van der Waals surface area contributed by atoms with E-state index in [1.807, 2.05) is 0 Å². The zero-order chi connectivity index (χ0) is 12.4. The molecule has 0 bridgehead atoms. The van der Waals surface area contributed by atoms with Crippen LogP contribution in [0.25, 0.3) is 0 Å². The van der Waals surface area contributed by atoms with Crippen molar-refractivity contribution < 1.29 is 13.9 Å². The van der Waals surface area contributed by atoms with Crippen LogP contribution in [0.3, 0.4) is 0 Å². The molecule has 0 amide bonds. The lowest BCUT2D eigenvalue weighted by Gasteiger charge is -2.19. The average molecular weight is 239 g/mol. The normalized spacial score (nSPS) is 19.4. The fraction of sp³-hybridized carbons (Fsp3) is 0.538. The molecule has 0 fully saturated rings. The molecule has 0 unspecified atom stereocenters. The van der Waals surface area contributed by atoms with Gasteiger partial charge in [0.2, 0.25) is 0 Å². The van der Waals surface area contributed by atoms with Crippen LogP contribution in [0.5, 0.6) is 11.5 Å². The summed E-state index contributed by atoms with van der Waals surface area (Å²) in [6.07, 6.45) is 3.55. The predicted octanol–water partition coefficient (Wildman–Crippen LogP) is 2.57. The van der Waals surface area contributed by atoms with Crippen LogP contribution in [-0.4, -0.2) is 14.2 Å². The number of ether oxygens (including phenoxy) is 2. The van der Waals surface area contributed by atoms with Crippen LogP contribution in [0.2, 0.25) is 0 Å². The first-order valence-electron chi connectivity index (χ1n) is 5.87. The number of rotatable bonds is 2. The van der Waals surface area contributed by atoms with Crippen LogP contribution >= 0.6 is 0 Å². The minimum atomic E-state index is -0.241. The SMILES string of the molecule is COc1cc(F)c2c(c1OC)[C@H](N)CCCC2.